The molecule has 0 unspecified atom stereocenters. The van der Waals surface area contributed by atoms with Crippen molar-refractivity contribution in [2.24, 2.45) is 5.92 Å². The molecule has 2 atom stereocenters. The van der Waals surface area contributed by atoms with E-state index in [4.69, 9.17) is 0 Å². The molecule has 3 rings (SSSR count). The molecule has 7 heteroatoms. The topological polar surface area (TPSA) is 78.4 Å². The zero-order valence-electron chi connectivity index (χ0n) is 13.1. The lowest BCUT2D eigenvalue weighted by Crippen LogP contribution is -2.42. The normalized spacial score (nSPS) is 20.2. The number of amides is 1. The van der Waals surface area contributed by atoms with Crippen molar-refractivity contribution < 1.29 is 14.3 Å². The number of anilines is 1. The zero-order valence-corrected chi connectivity index (χ0v) is 13.1. The Hall–Kier alpha value is -2.54. The fourth-order valence-electron chi connectivity index (χ4n) is 2.92. The summed E-state index contributed by atoms with van der Waals surface area (Å²) in [5.74, 6) is 0.251. The molecule has 0 saturated carbocycles. The van der Waals surface area contributed by atoms with E-state index in [2.05, 4.69) is 15.3 Å². The lowest BCUT2D eigenvalue weighted by atomic mass is 10.0. The van der Waals surface area contributed by atoms with Gasteiger partial charge in [-0.2, -0.15) is 0 Å². The molecule has 0 bridgehead atoms. The van der Waals surface area contributed by atoms with Crippen molar-refractivity contribution in [1.29, 1.82) is 0 Å². The number of aliphatic hydroxyl groups excluding tert-OH is 1. The van der Waals surface area contributed by atoms with Gasteiger partial charge in [-0.1, -0.05) is 12.1 Å². The van der Waals surface area contributed by atoms with Crippen LogP contribution in [0.15, 0.2) is 42.9 Å². The third-order valence-corrected chi connectivity index (χ3v) is 4.19. The maximum atomic E-state index is 12.9. The first-order valence-corrected chi connectivity index (χ1v) is 7.81. The Labute approximate surface area is 139 Å². The van der Waals surface area contributed by atoms with Crippen LogP contribution in [-0.2, 0) is 11.2 Å². The van der Waals surface area contributed by atoms with Crippen molar-refractivity contribution in [3.63, 3.8) is 0 Å². The molecule has 0 aliphatic carbocycles. The summed E-state index contributed by atoms with van der Waals surface area (Å²) in [6, 6.07) is 7.52. The molecular formula is C17H19FN4O2. The monoisotopic (exact) mass is 330 g/mol. The van der Waals surface area contributed by atoms with Gasteiger partial charge < -0.3 is 15.3 Å². The summed E-state index contributed by atoms with van der Waals surface area (Å²) >= 11 is 0. The number of halogens is 1. The van der Waals surface area contributed by atoms with Gasteiger partial charge in [0.2, 0.25) is 5.91 Å². The Bertz CT molecular complexity index is 681. The molecule has 1 saturated heterocycles. The number of carbonyl (C=O) groups is 1. The fraction of sp³-hybridized carbons (Fsp3) is 0.353. The smallest absolute Gasteiger partial charge is 0.224 e. The van der Waals surface area contributed by atoms with E-state index < -0.39 is 0 Å². The summed E-state index contributed by atoms with van der Waals surface area (Å²) in [4.78, 5) is 22.3. The molecule has 2 aromatic rings. The van der Waals surface area contributed by atoms with Crippen LogP contribution in [0.2, 0.25) is 0 Å². The average molecular weight is 330 g/mol. The van der Waals surface area contributed by atoms with Gasteiger partial charge in [0.15, 0.2) is 0 Å². The number of hydrogen-bond donors (Lipinski definition) is 2. The minimum atomic E-state index is -0.323. The molecule has 2 heterocycles. The van der Waals surface area contributed by atoms with E-state index in [0.717, 1.165) is 11.4 Å². The lowest BCUT2D eigenvalue weighted by molar-refractivity contribution is -0.121. The van der Waals surface area contributed by atoms with Gasteiger partial charge >= 0.3 is 0 Å². The van der Waals surface area contributed by atoms with Crippen molar-refractivity contribution >= 4 is 11.7 Å². The van der Waals surface area contributed by atoms with Crippen LogP contribution >= 0.6 is 0 Å². The maximum absolute atomic E-state index is 12.9. The van der Waals surface area contributed by atoms with E-state index in [9.17, 15) is 14.3 Å². The third kappa shape index (κ3) is 3.86. The van der Waals surface area contributed by atoms with Crippen molar-refractivity contribution in [3.8, 4) is 0 Å². The second kappa shape index (κ2) is 7.35. The van der Waals surface area contributed by atoms with Crippen LogP contribution in [0.4, 0.5) is 10.2 Å². The quantitative estimate of drug-likeness (QED) is 0.847. The summed E-state index contributed by atoms with van der Waals surface area (Å²) < 4.78 is 12.9. The Kier molecular flexibility index (Phi) is 5.00. The number of aliphatic hydroxyl groups is 1. The van der Waals surface area contributed by atoms with Gasteiger partial charge in [-0.05, 0) is 23.8 Å². The second-order valence-electron chi connectivity index (χ2n) is 5.89. The van der Waals surface area contributed by atoms with Crippen LogP contribution in [0.25, 0.3) is 0 Å². The molecule has 1 amide bonds. The first-order chi connectivity index (χ1) is 11.7. The number of benzene rings is 1. The van der Waals surface area contributed by atoms with Gasteiger partial charge in [-0.25, -0.2) is 14.4 Å². The summed E-state index contributed by atoms with van der Waals surface area (Å²) in [5, 5.41) is 12.5. The molecule has 1 aromatic carbocycles. The predicted molar refractivity (Wildman–Crippen MR) is 86.9 cm³/mol. The largest absolute Gasteiger partial charge is 0.396 e. The number of nitrogens with one attached hydrogen (secondary N) is 1. The highest BCUT2D eigenvalue weighted by Gasteiger charge is 2.33. The Morgan fingerprint density at radius 1 is 1.29 bits per heavy atom. The Morgan fingerprint density at radius 2 is 2.08 bits per heavy atom. The summed E-state index contributed by atoms with van der Waals surface area (Å²) in [6.45, 7) is 1.19. The predicted octanol–water partition coefficient (Wildman–Crippen LogP) is 0.772. The zero-order chi connectivity index (χ0) is 16.9. The molecule has 1 aliphatic heterocycles. The molecule has 0 radical (unpaired) electrons. The van der Waals surface area contributed by atoms with Gasteiger partial charge in [0, 0.05) is 31.8 Å². The number of hydrogen-bond acceptors (Lipinski definition) is 5. The van der Waals surface area contributed by atoms with Crippen LogP contribution in [0.5, 0.6) is 0 Å². The van der Waals surface area contributed by atoms with E-state index in [1.165, 1.54) is 18.5 Å². The third-order valence-electron chi connectivity index (χ3n) is 4.19. The van der Waals surface area contributed by atoms with E-state index in [1.54, 1.807) is 24.4 Å². The van der Waals surface area contributed by atoms with E-state index >= 15 is 0 Å². The minimum absolute atomic E-state index is 0.0108. The molecule has 1 fully saturated rings. The number of aromatic nitrogens is 2. The van der Waals surface area contributed by atoms with Crippen LogP contribution in [-0.4, -0.2) is 46.7 Å². The summed E-state index contributed by atoms with van der Waals surface area (Å²) in [5.41, 5.74) is 0.750. The second-order valence-corrected chi connectivity index (χ2v) is 5.89. The van der Waals surface area contributed by atoms with Crippen LogP contribution in [0.3, 0.4) is 0 Å². The van der Waals surface area contributed by atoms with Crippen LogP contribution in [0, 0.1) is 11.7 Å². The summed E-state index contributed by atoms with van der Waals surface area (Å²) in [7, 11) is 0. The van der Waals surface area contributed by atoms with Crippen molar-refractivity contribution in [2.45, 2.75) is 12.5 Å². The Morgan fingerprint density at radius 3 is 2.75 bits per heavy atom. The van der Waals surface area contributed by atoms with Gasteiger partial charge in [-0.3, -0.25) is 4.79 Å². The highest BCUT2D eigenvalue weighted by Crippen LogP contribution is 2.22. The van der Waals surface area contributed by atoms with Gasteiger partial charge in [0.1, 0.15) is 18.0 Å². The van der Waals surface area contributed by atoms with Crippen molar-refractivity contribution in [1.82, 2.24) is 15.3 Å². The molecular weight excluding hydrogens is 311 g/mol. The van der Waals surface area contributed by atoms with E-state index in [0.29, 0.717) is 13.1 Å². The lowest BCUT2D eigenvalue weighted by Gasteiger charge is -2.18. The number of rotatable bonds is 5. The molecule has 6 nitrogen and oxygen atoms in total. The van der Waals surface area contributed by atoms with E-state index in [1.807, 2.05) is 4.90 Å². The summed E-state index contributed by atoms with van der Waals surface area (Å²) in [6.07, 6.45) is 3.32. The minimum Gasteiger partial charge on any atom is -0.396 e. The standard InChI is InChI=1S/C17H19FN4O2/c18-14-3-1-12(2-4-14)7-17(24)21-15-9-22(8-13(15)10-23)16-5-6-19-11-20-16/h1-6,11,13,15,23H,7-10H2,(H,21,24)/t13-,15+/m0/s1. The first-order valence-electron chi connectivity index (χ1n) is 7.81. The highest BCUT2D eigenvalue weighted by atomic mass is 19.1. The van der Waals surface area contributed by atoms with Gasteiger partial charge in [0.25, 0.3) is 0 Å². The van der Waals surface area contributed by atoms with Crippen molar-refractivity contribution in [2.75, 3.05) is 24.6 Å². The highest BCUT2D eigenvalue weighted by molar-refractivity contribution is 5.79. The van der Waals surface area contributed by atoms with Crippen molar-refractivity contribution in [3.05, 3.63) is 54.2 Å². The van der Waals surface area contributed by atoms with Gasteiger partial charge in [-0.15, -0.1) is 0 Å². The molecule has 1 aliphatic rings. The number of carbonyl (C=O) groups excluding carboxylic acids is 1. The molecule has 2 N–H and O–H groups in total. The number of nitrogens with zero attached hydrogens (tertiary/aromatic N) is 3. The molecule has 24 heavy (non-hydrogen) atoms. The molecule has 1 aromatic heterocycles. The Balaban J connectivity index is 1.61. The van der Waals surface area contributed by atoms with E-state index in [-0.39, 0.29) is 36.7 Å². The first kappa shape index (κ1) is 16.3. The average Bonchev–Trinajstić information content (AvgIpc) is 3.00. The fourth-order valence-corrected chi connectivity index (χ4v) is 2.92. The van der Waals surface area contributed by atoms with Crippen LogP contribution in [0.1, 0.15) is 5.56 Å². The molecule has 126 valence electrons. The van der Waals surface area contributed by atoms with Crippen LogP contribution < -0.4 is 10.2 Å². The maximum Gasteiger partial charge on any atom is 0.224 e. The molecule has 0 spiro atoms. The van der Waals surface area contributed by atoms with Gasteiger partial charge in [0.05, 0.1) is 12.5 Å². The SMILES string of the molecule is O=C(Cc1ccc(F)cc1)N[C@@H]1CN(c2ccncn2)C[C@H]1CO.